The van der Waals surface area contributed by atoms with Gasteiger partial charge in [-0.25, -0.2) is 15.6 Å². The van der Waals surface area contributed by atoms with Gasteiger partial charge in [0.25, 0.3) is 5.56 Å². The number of amides is 2. The molecule has 0 unspecified atom stereocenters. The molecule has 0 aliphatic rings. The molecule has 2 aromatic rings. The van der Waals surface area contributed by atoms with Crippen molar-refractivity contribution in [1.82, 2.24) is 19.9 Å². The predicted molar refractivity (Wildman–Crippen MR) is 112 cm³/mol. The number of nitrogens with two attached hydrogens (primary N) is 1. The molecule has 2 amide bonds. The Balaban J connectivity index is 2.10. The van der Waals surface area contributed by atoms with E-state index in [1.807, 2.05) is 0 Å². The van der Waals surface area contributed by atoms with Gasteiger partial charge >= 0.3 is 6.09 Å². The second kappa shape index (κ2) is 9.35. The molecule has 0 radical (unpaired) electrons. The number of hydrogen-bond donors (Lipinski definition) is 4. The van der Waals surface area contributed by atoms with Crippen LogP contribution in [0.15, 0.2) is 23.1 Å². The second-order valence-corrected chi connectivity index (χ2v) is 7.63. The molecule has 0 aromatic carbocycles. The summed E-state index contributed by atoms with van der Waals surface area (Å²) in [6.07, 6.45) is 0.816. The number of nitrogen functional groups attached to an aromatic ring is 1. The number of carbonyl (C=O) groups excluding carboxylic acids is 2. The molecular formula is C19H27N7O4. The first-order valence-corrected chi connectivity index (χ1v) is 9.26. The van der Waals surface area contributed by atoms with Gasteiger partial charge in [-0.2, -0.15) is 0 Å². The lowest BCUT2D eigenvalue weighted by Crippen LogP contribution is -2.35. The summed E-state index contributed by atoms with van der Waals surface area (Å²) >= 11 is 0. The highest BCUT2D eigenvalue weighted by Gasteiger charge is 2.18. The monoisotopic (exact) mass is 417 g/mol. The van der Waals surface area contributed by atoms with Gasteiger partial charge in [-0.3, -0.25) is 24.5 Å². The highest BCUT2D eigenvalue weighted by molar-refractivity contribution is 5.85. The molecular weight excluding hydrogens is 390 g/mol. The van der Waals surface area contributed by atoms with Gasteiger partial charge < -0.3 is 15.5 Å². The number of aromatic nitrogens is 3. The van der Waals surface area contributed by atoms with Crippen molar-refractivity contribution in [3.63, 3.8) is 0 Å². The molecule has 2 aromatic heterocycles. The van der Waals surface area contributed by atoms with Crippen LogP contribution in [0.2, 0.25) is 0 Å². The number of aryl methyl sites for hydroxylation is 2. The van der Waals surface area contributed by atoms with Gasteiger partial charge in [-0.15, -0.1) is 0 Å². The number of pyridine rings is 1. The molecule has 0 atom stereocenters. The summed E-state index contributed by atoms with van der Waals surface area (Å²) in [4.78, 5) is 45.0. The van der Waals surface area contributed by atoms with Crippen LogP contribution in [0.3, 0.4) is 0 Å². The molecule has 0 saturated heterocycles. The quantitative estimate of drug-likeness (QED) is 0.404. The van der Waals surface area contributed by atoms with E-state index in [1.54, 1.807) is 46.8 Å². The summed E-state index contributed by atoms with van der Waals surface area (Å²) in [6, 6.07) is 3.42. The molecule has 5 N–H and O–H groups in total. The molecule has 2 rings (SSSR count). The SMILES string of the molecule is Cc1ccc(NC(=O)OC(C)(C)C)c(CNC(=O)Cn2c(C)cnc(NN)c2=O)n1. The first-order chi connectivity index (χ1) is 14.0. The molecule has 11 heteroatoms. The van der Waals surface area contributed by atoms with Crippen molar-refractivity contribution in [2.45, 2.75) is 53.3 Å². The van der Waals surface area contributed by atoms with Crippen molar-refractivity contribution < 1.29 is 14.3 Å². The molecule has 0 fully saturated rings. The van der Waals surface area contributed by atoms with Gasteiger partial charge in [0, 0.05) is 17.6 Å². The third kappa shape index (κ3) is 6.27. The topological polar surface area (TPSA) is 153 Å². The van der Waals surface area contributed by atoms with E-state index in [1.165, 1.54) is 10.8 Å². The van der Waals surface area contributed by atoms with Gasteiger partial charge in [0.15, 0.2) is 0 Å². The summed E-state index contributed by atoms with van der Waals surface area (Å²) in [5.41, 5.74) is 3.15. The summed E-state index contributed by atoms with van der Waals surface area (Å²) in [7, 11) is 0. The highest BCUT2D eigenvalue weighted by atomic mass is 16.6. The van der Waals surface area contributed by atoms with Crippen molar-refractivity contribution in [2.75, 3.05) is 10.7 Å². The average molecular weight is 417 g/mol. The summed E-state index contributed by atoms with van der Waals surface area (Å²) < 4.78 is 6.51. The zero-order valence-corrected chi connectivity index (χ0v) is 17.7. The Morgan fingerprint density at radius 2 is 1.93 bits per heavy atom. The molecule has 2 heterocycles. The average Bonchev–Trinajstić information content (AvgIpc) is 2.64. The van der Waals surface area contributed by atoms with E-state index in [0.29, 0.717) is 22.8 Å². The van der Waals surface area contributed by atoms with E-state index in [9.17, 15) is 14.4 Å². The van der Waals surface area contributed by atoms with E-state index < -0.39 is 23.2 Å². The largest absolute Gasteiger partial charge is 0.444 e. The van der Waals surface area contributed by atoms with Crippen LogP contribution in [0.4, 0.5) is 16.3 Å². The van der Waals surface area contributed by atoms with Crippen molar-refractivity contribution in [3.8, 4) is 0 Å². The van der Waals surface area contributed by atoms with Crippen LogP contribution in [0, 0.1) is 13.8 Å². The van der Waals surface area contributed by atoms with Gasteiger partial charge in [-0.05, 0) is 46.8 Å². The fraction of sp³-hybridized carbons (Fsp3) is 0.421. The van der Waals surface area contributed by atoms with Crippen LogP contribution in [0.5, 0.6) is 0 Å². The number of carbonyl (C=O) groups is 2. The fourth-order valence-electron chi connectivity index (χ4n) is 2.52. The Kier molecular flexibility index (Phi) is 7.11. The van der Waals surface area contributed by atoms with Crippen LogP contribution in [-0.2, 0) is 22.6 Å². The zero-order chi connectivity index (χ0) is 22.5. The van der Waals surface area contributed by atoms with Crippen LogP contribution < -0.4 is 27.5 Å². The summed E-state index contributed by atoms with van der Waals surface area (Å²) in [6.45, 7) is 8.56. The number of nitrogens with one attached hydrogen (secondary N) is 3. The fourth-order valence-corrected chi connectivity index (χ4v) is 2.52. The lowest BCUT2D eigenvalue weighted by molar-refractivity contribution is -0.121. The van der Waals surface area contributed by atoms with E-state index in [4.69, 9.17) is 10.6 Å². The van der Waals surface area contributed by atoms with Crippen molar-refractivity contribution in [1.29, 1.82) is 0 Å². The predicted octanol–water partition coefficient (Wildman–Crippen LogP) is 1.20. The molecule has 30 heavy (non-hydrogen) atoms. The van der Waals surface area contributed by atoms with E-state index in [0.717, 1.165) is 0 Å². The van der Waals surface area contributed by atoms with Crippen LogP contribution >= 0.6 is 0 Å². The van der Waals surface area contributed by atoms with E-state index in [2.05, 4.69) is 26.0 Å². The molecule has 0 bridgehead atoms. The van der Waals surface area contributed by atoms with Crippen LogP contribution in [0.25, 0.3) is 0 Å². The highest BCUT2D eigenvalue weighted by Crippen LogP contribution is 2.16. The maximum absolute atomic E-state index is 12.4. The lowest BCUT2D eigenvalue weighted by atomic mass is 10.2. The van der Waals surface area contributed by atoms with Crippen LogP contribution in [-0.4, -0.2) is 32.1 Å². The normalized spacial score (nSPS) is 11.0. The Labute approximate surface area is 174 Å². The molecule has 162 valence electrons. The maximum Gasteiger partial charge on any atom is 0.412 e. The Bertz CT molecular complexity index is 995. The minimum Gasteiger partial charge on any atom is -0.444 e. The molecule has 0 aliphatic carbocycles. The van der Waals surface area contributed by atoms with Crippen molar-refractivity contribution in [2.24, 2.45) is 5.84 Å². The number of rotatable bonds is 6. The smallest absolute Gasteiger partial charge is 0.412 e. The number of ether oxygens (including phenoxy) is 1. The number of hydrogen-bond acceptors (Lipinski definition) is 8. The van der Waals surface area contributed by atoms with Crippen molar-refractivity contribution in [3.05, 3.63) is 45.8 Å². The van der Waals surface area contributed by atoms with E-state index >= 15 is 0 Å². The summed E-state index contributed by atoms with van der Waals surface area (Å²) in [5.74, 6) is 4.79. The third-order valence-electron chi connectivity index (χ3n) is 3.89. The third-order valence-corrected chi connectivity index (χ3v) is 3.89. The molecule has 0 spiro atoms. The van der Waals surface area contributed by atoms with Gasteiger partial charge in [0.2, 0.25) is 11.7 Å². The van der Waals surface area contributed by atoms with Gasteiger partial charge in [0.1, 0.15) is 12.1 Å². The Morgan fingerprint density at radius 3 is 2.57 bits per heavy atom. The standard InChI is InChI=1S/C19H27N7O4/c1-11-6-7-13(24-18(29)30-19(3,4)5)14(23-11)9-21-15(27)10-26-12(2)8-22-16(25-20)17(26)28/h6-8H,9-10,20H2,1-5H3,(H,21,27)(H,22,25)(H,24,29). The molecule has 0 aliphatic heterocycles. The van der Waals surface area contributed by atoms with E-state index in [-0.39, 0.29) is 18.9 Å². The lowest BCUT2D eigenvalue weighted by Gasteiger charge is -2.20. The van der Waals surface area contributed by atoms with Gasteiger partial charge in [0.05, 0.1) is 17.9 Å². The van der Waals surface area contributed by atoms with Crippen molar-refractivity contribution >= 4 is 23.5 Å². The van der Waals surface area contributed by atoms with Crippen LogP contribution in [0.1, 0.15) is 37.9 Å². The zero-order valence-electron chi connectivity index (χ0n) is 17.7. The molecule has 11 nitrogen and oxygen atoms in total. The minimum absolute atomic E-state index is 0.0481. The summed E-state index contributed by atoms with van der Waals surface area (Å²) in [5, 5.41) is 5.34. The number of nitrogens with zero attached hydrogens (tertiary/aromatic N) is 3. The second-order valence-electron chi connectivity index (χ2n) is 7.63. The van der Waals surface area contributed by atoms with Gasteiger partial charge in [-0.1, -0.05) is 0 Å². The first kappa shape index (κ1) is 22.8. The Hall–Kier alpha value is -3.47. The first-order valence-electron chi connectivity index (χ1n) is 9.26. The maximum atomic E-state index is 12.4. The number of hydrazine groups is 1. The minimum atomic E-state index is -0.649. The molecule has 0 saturated carbocycles. The number of anilines is 2. The Morgan fingerprint density at radius 1 is 1.23 bits per heavy atom.